The average molecular weight is 304 g/mol. The van der Waals surface area contributed by atoms with Crippen molar-refractivity contribution < 1.29 is 9.18 Å². The van der Waals surface area contributed by atoms with Gasteiger partial charge in [0.25, 0.3) is 0 Å². The number of hydrogen-bond donors (Lipinski definition) is 2. The van der Waals surface area contributed by atoms with Crippen LogP contribution in [0.15, 0.2) is 55.2 Å². The van der Waals surface area contributed by atoms with Crippen LogP contribution in [0, 0.1) is 12.7 Å². The van der Waals surface area contributed by atoms with Gasteiger partial charge in [-0.2, -0.15) is 0 Å². The Morgan fingerprint density at radius 3 is 2.71 bits per heavy atom. The topological polar surface area (TPSA) is 41.1 Å². The number of amides is 1. The molecule has 0 heterocycles. The van der Waals surface area contributed by atoms with Gasteiger partial charge in [0.05, 0.1) is 6.42 Å². The molecule has 0 spiro atoms. The first-order chi connectivity index (χ1) is 9.96. The molecule has 0 radical (unpaired) electrons. The standard InChI is InChI=1S/C16H17FN2OS/c1-4-6-12(5-2)9-15(20)19-16(21)18-13-8-7-11(3)14(17)10-13/h4-8,10H,1-2,9H2,3H3,(H2,18,19,20,21)/b12-6+. The Morgan fingerprint density at radius 1 is 1.43 bits per heavy atom. The Hall–Kier alpha value is -2.27. The number of carbonyl (C=O) groups excluding carboxylic acids is 1. The fourth-order valence-corrected chi connectivity index (χ4v) is 1.77. The minimum Gasteiger partial charge on any atom is -0.332 e. The van der Waals surface area contributed by atoms with Crippen molar-refractivity contribution in [3.63, 3.8) is 0 Å². The normalized spacial score (nSPS) is 10.7. The number of hydrogen-bond acceptors (Lipinski definition) is 2. The van der Waals surface area contributed by atoms with E-state index in [0.29, 0.717) is 11.3 Å². The molecule has 0 saturated carbocycles. The van der Waals surface area contributed by atoms with E-state index in [0.717, 1.165) is 5.57 Å². The minimum atomic E-state index is -0.336. The summed E-state index contributed by atoms with van der Waals surface area (Å²) in [7, 11) is 0. The number of carbonyl (C=O) groups is 1. The Balaban J connectivity index is 2.58. The highest BCUT2D eigenvalue weighted by Gasteiger charge is 2.07. The highest BCUT2D eigenvalue weighted by Crippen LogP contribution is 2.13. The molecular formula is C16H17FN2OS. The molecular weight excluding hydrogens is 287 g/mol. The maximum absolute atomic E-state index is 13.4. The SMILES string of the molecule is C=C/C=C(\C=C)CC(=O)NC(=S)Nc1ccc(C)c(F)c1. The van der Waals surface area contributed by atoms with Crippen molar-refractivity contribution in [3.8, 4) is 0 Å². The van der Waals surface area contributed by atoms with Crippen LogP contribution < -0.4 is 10.6 Å². The van der Waals surface area contributed by atoms with Gasteiger partial charge >= 0.3 is 0 Å². The monoisotopic (exact) mass is 304 g/mol. The van der Waals surface area contributed by atoms with Gasteiger partial charge in [-0.3, -0.25) is 4.79 Å². The third kappa shape index (κ3) is 5.71. The fraction of sp³-hybridized carbons (Fsp3) is 0.125. The van der Waals surface area contributed by atoms with Gasteiger partial charge in [-0.05, 0) is 42.4 Å². The second-order valence-electron chi connectivity index (χ2n) is 4.32. The summed E-state index contributed by atoms with van der Waals surface area (Å²) >= 11 is 5.01. The lowest BCUT2D eigenvalue weighted by Crippen LogP contribution is -2.34. The molecule has 1 aromatic rings. The van der Waals surface area contributed by atoms with Crippen LogP contribution >= 0.6 is 12.2 Å². The van der Waals surface area contributed by atoms with Crippen LogP contribution in [0.2, 0.25) is 0 Å². The van der Waals surface area contributed by atoms with Crippen LogP contribution in [0.5, 0.6) is 0 Å². The van der Waals surface area contributed by atoms with Crippen LogP contribution in [-0.4, -0.2) is 11.0 Å². The smallest absolute Gasteiger partial charge is 0.230 e. The van der Waals surface area contributed by atoms with E-state index in [1.807, 2.05) is 0 Å². The highest BCUT2D eigenvalue weighted by atomic mass is 32.1. The molecule has 1 amide bonds. The number of allylic oxidation sites excluding steroid dienone is 3. The van der Waals surface area contributed by atoms with E-state index in [-0.39, 0.29) is 23.3 Å². The Bertz CT molecular complexity index is 608. The van der Waals surface area contributed by atoms with E-state index < -0.39 is 0 Å². The van der Waals surface area contributed by atoms with Gasteiger partial charge in [0, 0.05) is 5.69 Å². The molecule has 1 rings (SSSR count). The molecule has 0 unspecified atom stereocenters. The summed E-state index contributed by atoms with van der Waals surface area (Å²) in [6.07, 6.45) is 4.99. The lowest BCUT2D eigenvalue weighted by molar-refractivity contribution is -0.118. The second-order valence-corrected chi connectivity index (χ2v) is 4.73. The maximum Gasteiger partial charge on any atom is 0.230 e. The first-order valence-electron chi connectivity index (χ1n) is 6.27. The highest BCUT2D eigenvalue weighted by molar-refractivity contribution is 7.80. The van der Waals surface area contributed by atoms with Crippen molar-refractivity contribution in [2.24, 2.45) is 0 Å². The quantitative estimate of drug-likeness (QED) is 0.644. The Morgan fingerprint density at radius 2 is 2.14 bits per heavy atom. The summed E-state index contributed by atoms with van der Waals surface area (Å²) in [5.41, 5.74) is 1.75. The van der Waals surface area contributed by atoms with Gasteiger partial charge in [0.1, 0.15) is 5.82 Å². The van der Waals surface area contributed by atoms with Crippen molar-refractivity contribution in [1.29, 1.82) is 0 Å². The van der Waals surface area contributed by atoms with Crippen molar-refractivity contribution in [2.75, 3.05) is 5.32 Å². The first-order valence-corrected chi connectivity index (χ1v) is 6.68. The molecule has 0 aromatic heterocycles. The molecule has 0 bridgehead atoms. The summed E-state index contributed by atoms with van der Waals surface area (Å²) in [5.74, 6) is -0.620. The Kier molecular flexibility index (Phi) is 6.49. The molecule has 5 heteroatoms. The number of aryl methyl sites for hydroxylation is 1. The van der Waals surface area contributed by atoms with E-state index in [1.54, 1.807) is 37.3 Å². The summed E-state index contributed by atoms with van der Waals surface area (Å²) < 4.78 is 13.4. The molecule has 2 N–H and O–H groups in total. The Labute approximate surface area is 129 Å². The number of thiocarbonyl (C=S) groups is 1. The van der Waals surface area contributed by atoms with Crippen LogP contribution in [0.4, 0.5) is 10.1 Å². The number of halogens is 1. The molecule has 0 fully saturated rings. The third-order valence-corrected chi connectivity index (χ3v) is 2.85. The number of benzene rings is 1. The van der Waals surface area contributed by atoms with E-state index in [1.165, 1.54) is 6.07 Å². The lowest BCUT2D eigenvalue weighted by atomic mass is 10.1. The molecule has 0 aliphatic carbocycles. The summed E-state index contributed by atoms with van der Waals surface area (Å²) in [5, 5.41) is 5.40. The molecule has 0 saturated heterocycles. The molecule has 110 valence electrons. The lowest BCUT2D eigenvalue weighted by Gasteiger charge is -2.10. The van der Waals surface area contributed by atoms with Crippen molar-refractivity contribution in [1.82, 2.24) is 5.32 Å². The zero-order valence-electron chi connectivity index (χ0n) is 11.8. The molecule has 0 atom stereocenters. The first kappa shape index (κ1) is 16.8. The van der Waals surface area contributed by atoms with Crippen LogP contribution in [0.3, 0.4) is 0 Å². The van der Waals surface area contributed by atoms with E-state index >= 15 is 0 Å². The van der Waals surface area contributed by atoms with E-state index in [9.17, 15) is 9.18 Å². The van der Waals surface area contributed by atoms with Gasteiger partial charge in [-0.25, -0.2) is 4.39 Å². The van der Waals surface area contributed by atoms with E-state index in [2.05, 4.69) is 23.8 Å². The fourth-order valence-electron chi connectivity index (χ4n) is 1.54. The molecule has 3 nitrogen and oxygen atoms in total. The second kappa shape index (κ2) is 8.11. The van der Waals surface area contributed by atoms with Crippen LogP contribution in [-0.2, 0) is 4.79 Å². The predicted octanol–water partition coefficient (Wildman–Crippen LogP) is 3.64. The summed E-state index contributed by atoms with van der Waals surface area (Å²) in [6, 6.07) is 4.63. The number of rotatable bonds is 5. The van der Waals surface area contributed by atoms with Crippen molar-refractivity contribution in [3.05, 3.63) is 66.5 Å². The van der Waals surface area contributed by atoms with Crippen LogP contribution in [0.25, 0.3) is 0 Å². The van der Waals surface area contributed by atoms with Crippen molar-refractivity contribution in [2.45, 2.75) is 13.3 Å². The summed E-state index contributed by atoms with van der Waals surface area (Å²) in [4.78, 5) is 11.8. The van der Waals surface area contributed by atoms with Crippen molar-refractivity contribution >= 4 is 28.9 Å². The molecule has 0 aliphatic rings. The largest absolute Gasteiger partial charge is 0.332 e. The van der Waals surface area contributed by atoms with Gasteiger partial charge in [-0.1, -0.05) is 37.5 Å². The molecule has 21 heavy (non-hydrogen) atoms. The zero-order valence-corrected chi connectivity index (χ0v) is 12.6. The summed E-state index contributed by atoms with van der Waals surface area (Å²) in [6.45, 7) is 8.84. The zero-order chi connectivity index (χ0) is 15.8. The van der Waals surface area contributed by atoms with Gasteiger partial charge in [0.15, 0.2) is 5.11 Å². The third-order valence-electron chi connectivity index (χ3n) is 2.64. The van der Waals surface area contributed by atoms with E-state index in [4.69, 9.17) is 12.2 Å². The number of anilines is 1. The minimum absolute atomic E-state index is 0.116. The van der Waals surface area contributed by atoms with Crippen LogP contribution in [0.1, 0.15) is 12.0 Å². The van der Waals surface area contributed by atoms with Gasteiger partial charge in [-0.15, -0.1) is 0 Å². The van der Waals surface area contributed by atoms with Gasteiger partial charge in [0.2, 0.25) is 5.91 Å². The molecule has 0 aliphatic heterocycles. The molecule has 1 aromatic carbocycles. The average Bonchev–Trinajstić information content (AvgIpc) is 2.42. The van der Waals surface area contributed by atoms with Gasteiger partial charge < -0.3 is 10.6 Å². The number of nitrogens with one attached hydrogen (secondary N) is 2. The predicted molar refractivity (Wildman–Crippen MR) is 88.6 cm³/mol. The maximum atomic E-state index is 13.4.